The lowest BCUT2D eigenvalue weighted by molar-refractivity contribution is -0.136. The van der Waals surface area contributed by atoms with Gasteiger partial charge in [0.1, 0.15) is 5.82 Å². The van der Waals surface area contributed by atoms with E-state index in [0.29, 0.717) is 12.5 Å². The van der Waals surface area contributed by atoms with Crippen molar-refractivity contribution >= 4 is 18.3 Å². The Kier molecular flexibility index (Phi) is 6.79. The van der Waals surface area contributed by atoms with Gasteiger partial charge in [-0.2, -0.15) is 0 Å². The largest absolute Gasteiger partial charge is 0.335 e. The Morgan fingerprint density at radius 1 is 1.19 bits per heavy atom. The summed E-state index contributed by atoms with van der Waals surface area (Å²) in [5.74, 6) is -0.172. The first-order valence-electron chi connectivity index (χ1n) is 8.84. The molecule has 140 valence electrons. The van der Waals surface area contributed by atoms with Crippen molar-refractivity contribution in [2.75, 3.05) is 6.54 Å². The van der Waals surface area contributed by atoms with Crippen molar-refractivity contribution in [3.05, 3.63) is 71.5 Å². The fourth-order valence-electron chi connectivity index (χ4n) is 3.70. The number of nitrogens with zero attached hydrogens (tertiary/aromatic N) is 1. The first kappa shape index (κ1) is 20.4. The Hall–Kier alpha value is -1.91. The molecule has 1 amide bonds. The zero-order valence-corrected chi connectivity index (χ0v) is 16.0. The van der Waals surface area contributed by atoms with Crippen LogP contribution in [0.4, 0.5) is 4.39 Å². The Morgan fingerprint density at radius 2 is 1.88 bits per heavy atom. The minimum absolute atomic E-state index is 0. The van der Waals surface area contributed by atoms with E-state index < -0.39 is 0 Å². The monoisotopic (exact) mass is 376 g/mol. The molecule has 0 bridgehead atoms. The normalized spacial score (nSPS) is 21.8. The minimum Gasteiger partial charge on any atom is -0.335 e. The molecule has 2 N–H and O–H groups in total. The topological polar surface area (TPSA) is 46.3 Å². The number of amides is 1. The van der Waals surface area contributed by atoms with Crippen molar-refractivity contribution in [2.24, 2.45) is 17.6 Å². The molecule has 0 radical (unpaired) electrons. The highest BCUT2D eigenvalue weighted by Crippen LogP contribution is 2.37. The second kappa shape index (κ2) is 8.65. The summed E-state index contributed by atoms with van der Waals surface area (Å²) in [6.45, 7) is 4.69. The molecule has 1 saturated heterocycles. The third kappa shape index (κ3) is 4.25. The lowest BCUT2D eigenvalue weighted by atomic mass is 9.93. The van der Waals surface area contributed by atoms with Gasteiger partial charge in [0.15, 0.2) is 0 Å². The quantitative estimate of drug-likeness (QED) is 0.854. The highest BCUT2D eigenvalue weighted by molar-refractivity contribution is 5.85. The summed E-state index contributed by atoms with van der Waals surface area (Å²) < 4.78 is 13.6. The summed E-state index contributed by atoms with van der Waals surface area (Å²) in [5, 5.41) is 0. The molecule has 1 aliphatic heterocycles. The molecule has 1 heterocycles. The molecule has 0 saturated carbocycles. The average molecular weight is 377 g/mol. The van der Waals surface area contributed by atoms with Crippen molar-refractivity contribution < 1.29 is 9.18 Å². The highest BCUT2D eigenvalue weighted by atomic mass is 35.5. The highest BCUT2D eigenvalue weighted by Gasteiger charge is 2.37. The predicted molar refractivity (Wildman–Crippen MR) is 104 cm³/mol. The maximum Gasteiger partial charge on any atom is 0.227 e. The maximum absolute atomic E-state index is 13.6. The predicted octanol–water partition coefficient (Wildman–Crippen LogP) is 4.49. The number of benzene rings is 2. The molecule has 26 heavy (non-hydrogen) atoms. The van der Waals surface area contributed by atoms with E-state index in [4.69, 9.17) is 5.73 Å². The van der Waals surface area contributed by atoms with E-state index in [1.165, 1.54) is 12.1 Å². The van der Waals surface area contributed by atoms with Crippen molar-refractivity contribution in [3.8, 4) is 0 Å². The summed E-state index contributed by atoms with van der Waals surface area (Å²) in [7, 11) is 0. The van der Waals surface area contributed by atoms with Crippen LogP contribution in [0.25, 0.3) is 0 Å². The van der Waals surface area contributed by atoms with Gasteiger partial charge < -0.3 is 10.6 Å². The van der Waals surface area contributed by atoms with Crippen LogP contribution in [0.15, 0.2) is 54.6 Å². The summed E-state index contributed by atoms with van der Waals surface area (Å²) in [4.78, 5) is 15.0. The summed E-state index contributed by atoms with van der Waals surface area (Å²) in [5.41, 5.74) is 8.16. The molecule has 0 aliphatic carbocycles. The van der Waals surface area contributed by atoms with E-state index in [1.807, 2.05) is 48.2 Å². The van der Waals surface area contributed by atoms with Gasteiger partial charge in [0.05, 0.1) is 12.0 Å². The standard InChI is InChI=1S/C21H25FN2O.ClH/c1-14-11-19(17-9-6-10-18(22)12-17)24(13-14)21(25)15(2)20(23)16-7-4-3-5-8-16;/h3-10,12,14-15,19-20H,11,13,23H2,1-2H3;1H. The van der Waals surface area contributed by atoms with Gasteiger partial charge in [-0.25, -0.2) is 4.39 Å². The molecule has 2 aromatic rings. The van der Waals surface area contributed by atoms with Crippen LogP contribution >= 0.6 is 12.4 Å². The van der Waals surface area contributed by atoms with Gasteiger partial charge in [0.25, 0.3) is 0 Å². The van der Waals surface area contributed by atoms with E-state index in [1.54, 1.807) is 6.07 Å². The Bertz CT molecular complexity index is 740. The van der Waals surface area contributed by atoms with Crippen LogP contribution in [-0.4, -0.2) is 17.4 Å². The maximum atomic E-state index is 13.6. The van der Waals surface area contributed by atoms with Gasteiger partial charge in [0, 0.05) is 12.6 Å². The molecule has 1 fully saturated rings. The van der Waals surface area contributed by atoms with Gasteiger partial charge in [-0.05, 0) is 35.6 Å². The van der Waals surface area contributed by atoms with Crippen molar-refractivity contribution in [1.29, 1.82) is 0 Å². The number of hydrogen-bond acceptors (Lipinski definition) is 2. The zero-order chi connectivity index (χ0) is 18.0. The molecule has 5 heteroatoms. The third-order valence-electron chi connectivity index (χ3n) is 5.14. The molecule has 4 atom stereocenters. The summed E-state index contributed by atoms with van der Waals surface area (Å²) in [6, 6.07) is 15.8. The summed E-state index contributed by atoms with van der Waals surface area (Å²) in [6.07, 6.45) is 0.850. The van der Waals surface area contributed by atoms with E-state index in [2.05, 4.69) is 6.92 Å². The number of carbonyl (C=O) groups is 1. The van der Waals surface area contributed by atoms with Gasteiger partial charge >= 0.3 is 0 Å². The first-order chi connectivity index (χ1) is 12.0. The van der Waals surface area contributed by atoms with Crippen LogP contribution < -0.4 is 5.73 Å². The number of nitrogens with two attached hydrogens (primary N) is 1. The number of halogens is 2. The van der Waals surface area contributed by atoms with E-state index in [9.17, 15) is 9.18 Å². The van der Waals surface area contributed by atoms with Gasteiger partial charge in [-0.1, -0.05) is 56.3 Å². The SMILES string of the molecule is CC1CC(c2cccc(F)c2)N(C(=O)C(C)C(N)c2ccccc2)C1.Cl. The van der Waals surface area contributed by atoms with E-state index >= 15 is 0 Å². The third-order valence-corrected chi connectivity index (χ3v) is 5.14. The number of likely N-dealkylation sites (tertiary alicyclic amines) is 1. The molecule has 1 aliphatic rings. The lowest BCUT2D eigenvalue weighted by Crippen LogP contribution is -2.39. The molecular weight excluding hydrogens is 351 g/mol. The van der Waals surface area contributed by atoms with Gasteiger partial charge in [-0.15, -0.1) is 12.4 Å². The average Bonchev–Trinajstić information content (AvgIpc) is 3.02. The molecule has 3 rings (SSSR count). The Labute approximate surface area is 160 Å². The van der Waals surface area contributed by atoms with E-state index in [0.717, 1.165) is 17.5 Å². The second-order valence-corrected chi connectivity index (χ2v) is 7.13. The first-order valence-corrected chi connectivity index (χ1v) is 8.84. The Balaban J connectivity index is 0.00000243. The number of carbonyl (C=O) groups excluding carboxylic acids is 1. The van der Waals surface area contributed by atoms with Crippen LogP contribution in [0.1, 0.15) is 43.5 Å². The number of rotatable bonds is 4. The fraction of sp³-hybridized carbons (Fsp3) is 0.381. The second-order valence-electron chi connectivity index (χ2n) is 7.13. The van der Waals surface area contributed by atoms with Gasteiger partial charge in [-0.3, -0.25) is 4.79 Å². The fourth-order valence-corrected chi connectivity index (χ4v) is 3.70. The molecule has 0 aromatic heterocycles. The zero-order valence-electron chi connectivity index (χ0n) is 15.1. The van der Waals surface area contributed by atoms with Crippen molar-refractivity contribution in [2.45, 2.75) is 32.4 Å². The Morgan fingerprint density at radius 3 is 2.54 bits per heavy atom. The molecule has 3 nitrogen and oxygen atoms in total. The molecule has 4 unspecified atom stereocenters. The number of hydrogen-bond donors (Lipinski definition) is 1. The van der Waals surface area contributed by atoms with Crippen LogP contribution in [0.2, 0.25) is 0 Å². The molecule has 0 spiro atoms. The van der Waals surface area contributed by atoms with Crippen molar-refractivity contribution in [1.82, 2.24) is 4.90 Å². The van der Waals surface area contributed by atoms with Crippen LogP contribution in [0, 0.1) is 17.7 Å². The molecular formula is C21H26ClFN2O. The molecule has 2 aromatic carbocycles. The van der Waals surface area contributed by atoms with Crippen molar-refractivity contribution in [3.63, 3.8) is 0 Å². The lowest BCUT2D eigenvalue weighted by Gasteiger charge is -2.30. The van der Waals surface area contributed by atoms with Gasteiger partial charge in [0.2, 0.25) is 5.91 Å². The van der Waals surface area contributed by atoms with Crippen LogP contribution in [0.5, 0.6) is 0 Å². The summed E-state index contributed by atoms with van der Waals surface area (Å²) >= 11 is 0. The van der Waals surface area contributed by atoms with E-state index in [-0.39, 0.29) is 42.1 Å². The smallest absolute Gasteiger partial charge is 0.227 e. The van der Waals surface area contributed by atoms with Crippen LogP contribution in [-0.2, 0) is 4.79 Å². The minimum atomic E-state index is -0.349. The van der Waals surface area contributed by atoms with Crippen LogP contribution in [0.3, 0.4) is 0 Å².